The second-order valence-corrected chi connectivity index (χ2v) is 14.9. The largest absolute Gasteiger partial charge is 0.376 e. The summed E-state index contributed by atoms with van der Waals surface area (Å²) in [6.07, 6.45) is 7.73. The first-order chi connectivity index (χ1) is 22.8. The van der Waals surface area contributed by atoms with Crippen LogP contribution in [0, 0.1) is 0 Å². The van der Waals surface area contributed by atoms with Crippen molar-refractivity contribution < 1.29 is 19.5 Å². The van der Waals surface area contributed by atoms with Gasteiger partial charge in [0.05, 0.1) is 12.1 Å². The Morgan fingerprint density at radius 2 is 1.71 bits per heavy atom. The van der Waals surface area contributed by atoms with Crippen LogP contribution in [0.2, 0.25) is 0 Å². The fourth-order valence-electron chi connectivity index (χ4n) is 5.57. The Bertz CT molecular complexity index is 1390. The normalized spacial score (nSPS) is 17.4. The van der Waals surface area contributed by atoms with Crippen LogP contribution in [0.3, 0.4) is 0 Å². The summed E-state index contributed by atoms with van der Waals surface area (Å²) in [6.45, 7) is 6.35. The molecule has 1 aliphatic rings. The molecule has 0 saturated heterocycles. The lowest BCUT2D eigenvalue weighted by atomic mass is 9.99. The van der Waals surface area contributed by atoms with E-state index in [0.717, 1.165) is 34.4 Å². The fourth-order valence-corrected chi connectivity index (χ4v) is 6.73. The molecule has 1 aliphatic heterocycles. The molecule has 3 amide bonds. The van der Waals surface area contributed by atoms with Crippen molar-refractivity contribution >= 4 is 29.5 Å². The first-order valence-corrected chi connectivity index (χ1v) is 17.6. The molecule has 48 heavy (non-hydrogen) atoms. The van der Waals surface area contributed by atoms with Crippen LogP contribution in [0.1, 0.15) is 64.9 Å². The third kappa shape index (κ3) is 12.9. The molecule has 0 saturated carbocycles. The molecule has 3 rings (SSSR count). The number of rotatable bonds is 19. The lowest BCUT2D eigenvalue weighted by Gasteiger charge is -2.36. The van der Waals surface area contributed by atoms with E-state index in [4.69, 9.17) is 17.2 Å². The molecule has 2 aromatic rings. The van der Waals surface area contributed by atoms with E-state index in [-0.39, 0.29) is 12.3 Å². The van der Waals surface area contributed by atoms with Crippen molar-refractivity contribution in [3.8, 4) is 11.1 Å². The lowest BCUT2D eigenvalue weighted by molar-refractivity contribution is -0.139. The molecule has 262 valence electrons. The smallest absolute Gasteiger partial charge is 0.245 e. The summed E-state index contributed by atoms with van der Waals surface area (Å²) in [5.41, 5.74) is 19.9. The number of carbonyl (C=O) groups is 3. The van der Waals surface area contributed by atoms with Gasteiger partial charge in [0, 0.05) is 30.7 Å². The number of amides is 3. The molecule has 0 aromatic heterocycles. The predicted molar refractivity (Wildman–Crippen MR) is 195 cm³/mol. The summed E-state index contributed by atoms with van der Waals surface area (Å²) in [6, 6.07) is 15.4. The van der Waals surface area contributed by atoms with Gasteiger partial charge in [-0.2, -0.15) is 0 Å². The summed E-state index contributed by atoms with van der Waals surface area (Å²) >= 11 is 1.70. The van der Waals surface area contributed by atoms with Gasteiger partial charge < -0.3 is 32.5 Å². The van der Waals surface area contributed by atoms with Crippen LogP contribution in [0.15, 0.2) is 77.7 Å². The van der Waals surface area contributed by atoms with E-state index < -0.39 is 41.7 Å². The molecule has 2 aromatic carbocycles. The van der Waals surface area contributed by atoms with Crippen molar-refractivity contribution in [2.24, 2.45) is 17.2 Å². The van der Waals surface area contributed by atoms with Crippen molar-refractivity contribution in [3.63, 3.8) is 0 Å². The molecule has 11 heteroatoms. The number of hydrogen-bond acceptors (Lipinski definition) is 8. The number of nitrogens with two attached hydrogens (primary N) is 3. The third-order valence-corrected chi connectivity index (χ3v) is 9.57. The van der Waals surface area contributed by atoms with E-state index in [1.807, 2.05) is 68.4 Å². The number of unbranched alkanes of at least 4 members (excludes halogenated alkanes) is 1. The SMILES string of the molecule is CC1CC=C(C[C@H](C(O)N[C@@H](CCCCN)C(N)=O)N(C)C(=O)[C@@H](Cc2ccc(-c3ccccc3)cc2)NC(=O)/C=C/CC(C)(C)N)S1. The highest BCUT2D eigenvalue weighted by Gasteiger charge is 2.35. The maximum atomic E-state index is 14.3. The summed E-state index contributed by atoms with van der Waals surface area (Å²) in [5.74, 6) is -1.37. The number of primary amides is 1. The van der Waals surface area contributed by atoms with Crippen LogP contribution in [0.5, 0.6) is 0 Å². The van der Waals surface area contributed by atoms with Crippen LogP contribution in [-0.4, -0.2) is 76.5 Å². The Kier molecular flexibility index (Phi) is 15.3. The number of thioether (sulfide) groups is 1. The van der Waals surface area contributed by atoms with Gasteiger partial charge in [-0.1, -0.05) is 80.1 Å². The summed E-state index contributed by atoms with van der Waals surface area (Å²) in [5, 5.41) is 17.8. The van der Waals surface area contributed by atoms with Gasteiger partial charge in [0.2, 0.25) is 17.7 Å². The summed E-state index contributed by atoms with van der Waals surface area (Å²) < 4.78 is 0. The zero-order chi connectivity index (χ0) is 35.3. The van der Waals surface area contributed by atoms with Gasteiger partial charge in [-0.25, -0.2) is 0 Å². The second-order valence-electron chi connectivity index (χ2n) is 13.3. The van der Waals surface area contributed by atoms with Crippen molar-refractivity contribution in [1.29, 1.82) is 0 Å². The van der Waals surface area contributed by atoms with Gasteiger partial charge >= 0.3 is 0 Å². The summed E-state index contributed by atoms with van der Waals surface area (Å²) in [7, 11) is 1.62. The van der Waals surface area contributed by atoms with Gasteiger partial charge in [-0.15, -0.1) is 11.8 Å². The van der Waals surface area contributed by atoms with Crippen LogP contribution < -0.4 is 27.8 Å². The average Bonchev–Trinajstić information content (AvgIpc) is 3.46. The maximum absolute atomic E-state index is 14.3. The summed E-state index contributed by atoms with van der Waals surface area (Å²) in [4.78, 5) is 42.3. The minimum absolute atomic E-state index is 0.230. The van der Waals surface area contributed by atoms with Gasteiger partial charge in [0.25, 0.3) is 0 Å². The molecule has 0 aliphatic carbocycles. The standard InChI is InChI=1S/C37H54N6O4S/c1-25-15-20-29(48-25)24-32(35(46)42-30(34(39)45)13-8-9-22-38)43(4)36(47)31(41-33(44)14-10-21-37(2,3)40)23-26-16-18-28(19-17-26)27-11-6-5-7-12-27/h5-7,10-12,14,16-20,25,30-32,35,42,46H,8-9,13,15,21-24,38,40H2,1-4H3,(H2,39,45)(H,41,44)/b14-10+/t25?,30-,31+,32+,35?/m0/s1. The molecule has 9 N–H and O–H groups in total. The zero-order valence-corrected chi connectivity index (χ0v) is 29.5. The van der Waals surface area contributed by atoms with Crippen molar-refractivity contribution in [3.05, 3.63) is 83.3 Å². The van der Waals surface area contributed by atoms with Crippen molar-refractivity contribution in [2.75, 3.05) is 13.6 Å². The highest BCUT2D eigenvalue weighted by molar-refractivity contribution is 8.03. The van der Waals surface area contributed by atoms with Crippen LogP contribution in [0.4, 0.5) is 0 Å². The van der Waals surface area contributed by atoms with Crippen LogP contribution in [-0.2, 0) is 20.8 Å². The molecule has 0 fully saturated rings. The van der Waals surface area contributed by atoms with Crippen LogP contribution in [0.25, 0.3) is 11.1 Å². The number of likely N-dealkylation sites (N-methyl/N-ethyl adjacent to an activating group) is 1. The lowest BCUT2D eigenvalue weighted by Crippen LogP contribution is -2.59. The maximum Gasteiger partial charge on any atom is 0.245 e. The Labute approximate surface area is 290 Å². The van der Waals surface area contributed by atoms with Gasteiger partial charge in [-0.05, 0) is 73.7 Å². The minimum atomic E-state index is -1.26. The molecular formula is C37H54N6O4S. The molecule has 0 radical (unpaired) electrons. The number of allylic oxidation sites excluding steroid dienone is 1. The molecule has 10 nitrogen and oxygen atoms in total. The Morgan fingerprint density at radius 1 is 1.04 bits per heavy atom. The molecule has 0 bridgehead atoms. The molecule has 2 unspecified atom stereocenters. The van der Waals surface area contributed by atoms with Crippen molar-refractivity contribution in [2.45, 2.75) is 101 Å². The Hall–Kier alpha value is -3.48. The Balaban J connectivity index is 1.88. The first kappa shape index (κ1) is 39.0. The number of nitrogens with one attached hydrogen (secondary N) is 2. The van der Waals surface area contributed by atoms with E-state index in [1.54, 1.807) is 24.9 Å². The minimum Gasteiger partial charge on any atom is -0.376 e. The van der Waals surface area contributed by atoms with E-state index >= 15 is 0 Å². The molecule has 1 heterocycles. The van der Waals surface area contributed by atoms with Crippen LogP contribution >= 0.6 is 11.8 Å². The number of carbonyl (C=O) groups excluding carboxylic acids is 3. The van der Waals surface area contributed by atoms with E-state index in [1.165, 1.54) is 11.0 Å². The Morgan fingerprint density at radius 3 is 2.29 bits per heavy atom. The second kappa shape index (κ2) is 18.9. The highest BCUT2D eigenvalue weighted by atomic mass is 32.2. The number of hydrogen-bond donors (Lipinski definition) is 6. The molecular weight excluding hydrogens is 625 g/mol. The number of aliphatic hydroxyl groups excluding tert-OH is 1. The average molecular weight is 679 g/mol. The number of nitrogens with zero attached hydrogens (tertiary/aromatic N) is 1. The monoisotopic (exact) mass is 678 g/mol. The van der Waals surface area contributed by atoms with Gasteiger partial charge in [-0.3, -0.25) is 19.7 Å². The molecule has 5 atom stereocenters. The number of aliphatic hydroxyl groups is 1. The van der Waals surface area contributed by atoms with Crippen molar-refractivity contribution in [1.82, 2.24) is 15.5 Å². The third-order valence-electron chi connectivity index (χ3n) is 8.34. The van der Waals surface area contributed by atoms with E-state index in [2.05, 4.69) is 23.6 Å². The zero-order valence-electron chi connectivity index (χ0n) is 28.7. The fraction of sp³-hybridized carbons (Fsp3) is 0.486. The van der Waals surface area contributed by atoms with E-state index in [9.17, 15) is 19.5 Å². The molecule has 0 spiro atoms. The van der Waals surface area contributed by atoms with Gasteiger partial charge in [0.15, 0.2) is 0 Å². The quantitative estimate of drug-likeness (QED) is 0.0742. The first-order valence-electron chi connectivity index (χ1n) is 16.7. The van der Waals surface area contributed by atoms with Gasteiger partial charge in [0.1, 0.15) is 12.3 Å². The highest BCUT2D eigenvalue weighted by Crippen LogP contribution is 2.36. The number of benzene rings is 2. The topological polar surface area (TPSA) is 177 Å². The van der Waals surface area contributed by atoms with E-state index in [0.29, 0.717) is 37.5 Å². The predicted octanol–water partition coefficient (Wildman–Crippen LogP) is 3.58.